The summed E-state index contributed by atoms with van der Waals surface area (Å²) in [5.74, 6) is -1.23. The standard InChI is InChI=1S/C15H24N2O4/c1-10(16-14(21)11-5-2-3-6-11)13(20)17-15(7-4-8-15)9-12(18)19/h10-11H,2-9H2,1H3,(H,16,21)(H,17,20)(H,18,19). The van der Waals surface area contributed by atoms with Gasteiger partial charge >= 0.3 is 5.97 Å². The van der Waals surface area contributed by atoms with E-state index in [0.29, 0.717) is 12.8 Å². The number of rotatable bonds is 6. The molecule has 1 unspecified atom stereocenters. The van der Waals surface area contributed by atoms with Crippen molar-refractivity contribution < 1.29 is 19.5 Å². The highest BCUT2D eigenvalue weighted by Crippen LogP contribution is 2.35. The van der Waals surface area contributed by atoms with Gasteiger partial charge in [-0.25, -0.2) is 0 Å². The average Bonchev–Trinajstić information content (AvgIpc) is 2.89. The number of hydrogen-bond donors (Lipinski definition) is 3. The quantitative estimate of drug-likeness (QED) is 0.686. The molecule has 0 heterocycles. The molecule has 2 aliphatic carbocycles. The van der Waals surface area contributed by atoms with Crippen LogP contribution in [-0.2, 0) is 14.4 Å². The lowest BCUT2D eigenvalue weighted by Crippen LogP contribution is -2.59. The summed E-state index contributed by atoms with van der Waals surface area (Å²) in [6.07, 6.45) is 6.17. The molecule has 1 atom stereocenters. The third-order valence-electron chi connectivity index (χ3n) is 4.67. The highest BCUT2D eigenvalue weighted by molar-refractivity contribution is 5.89. The molecule has 2 fully saturated rings. The molecule has 2 aliphatic rings. The first kappa shape index (κ1) is 15.8. The van der Waals surface area contributed by atoms with E-state index in [-0.39, 0.29) is 24.2 Å². The SMILES string of the molecule is CC(NC(=O)C1CCCC1)C(=O)NC1(CC(=O)O)CCC1. The lowest BCUT2D eigenvalue weighted by molar-refractivity contribution is -0.141. The number of aliphatic carboxylic acids is 1. The smallest absolute Gasteiger partial charge is 0.305 e. The summed E-state index contributed by atoms with van der Waals surface area (Å²) in [6, 6.07) is -0.621. The van der Waals surface area contributed by atoms with Gasteiger partial charge in [0.25, 0.3) is 0 Å². The number of carbonyl (C=O) groups excluding carboxylic acids is 2. The maximum atomic E-state index is 12.2. The van der Waals surface area contributed by atoms with Crippen molar-refractivity contribution in [1.29, 1.82) is 0 Å². The van der Waals surface area contributed by atoms with Crippen LogP contribution in [0.3, 0.4) is 0 Å². The van der Waals surface area contributed by atoms with Crippen LogP contribution in [0.4, 0.5) is 0 Å². The maximum Gasteiger partial charge on any atom is 0.305 e. The number of hydrogen-bond acceptors (Lipinski definition) is 3. The Balaban J connectivity index is 1.84. The van der Waals surface area contributed by atoms with Crippen molar-refractivity contribution in [3.8, 4) is 0 Å². The third kappa shape index (κ3) is 3.95. The van der Waals surface area contributed by atoms with Crippen molar-refractivity contribution in [3.63, 3.8) is 0 Å². The minimum Gasteiger partial charge on any atom is -0.481 e. The lowest BCUT2D eigenvalue weighted by atomic mass is 9.74. The number of nitrogens with one attached hydrogen (secondary N) is 2. The molecule has 2 saturated carbocycles. The minimum absolute atomic E-state index is 0.0249. The molecule has 21 heavy (non-hydrogen) atoms. The highest BCUT2D eigenvalue weighted by Gasteiger charge is 2.41. The van der Waals surface area contributed by atoms with Crippen LogP contribution in [0, 0.1) is 5.92 Å². The normalized spacial score (nSPS) is 22.1. The van der Waals surface area contributed by atoms with Crippen LogP contribution in [0.1, 0.15) is 58.3 Å². The van der Waals surface area contributed by atoms with Crippen molar-refractivity contribution in [2.75, 3.05) is 0 Å². The van der Waals surface area contributed by atoms with E-state index in [9.17, 15) is 14.4 Å². The second-order valence-electron chi connectivity index (χ2n) is 6.41. The van der Waals surface area contributed by atoms with Crippen molar-refractivity contribution in [2.24, 2.45) is 5.92 Å². The Morgan fingerprint density at radius 3 is 2.29 bits per heavy atom. The summed E-state index contributed by atoms with van der Waals surface area (Å²) in [4.78, 5) is 35.1. The summed E-state index contributed by atoms with van der Waals surface area (Å²) in [7, 11) is 0. The zero-order chi connectivity index (χ0) is 15.5. The zero-order valence-electron chi connectivity index (χ0n) is 12.5. The van der Waals surface area contributed by atoms with E-state index in [1.807, 2.05) is 0 Å². The van der Waals surface area contributed by atoms with Gasteiger partial charge in [0, 0.05) is 5.92 Å². The second-order valence-corrected chi connectivity index (χ2v) is 6.41. The van der Waals surface area contributed by atoms with Gasteiger partial charge in [-0.15, -0.1) is 0 Å². The topological polar surface area (TPSA) is 95.5 Å². The molecule has 0 aliphatic heterocycles. The van der Waals surface area contributed by atoms with Crippen LogP contribution >= 0.6 is 0 Å². The highest BCUT2D eigenvalue weighted by atomic mass is 16.4. The van der Waals surface area contributed by atoms with E-state index in [2.05, 4.69) is 10.6 Å². The molecule has 6 heteroatoms. The van der Waals surface area contributed by atoms with Crippen molar-refractivity contribution >= 4 is 17.8 Å². The second kappa shape index (κ2) is 6.45. The Hall–Kier alpha value is -1.59. The predicted molar refractivity (Wildman–Crippen MR) is 76.5 cm³/mol. The van der Waals surface area contributed by atoms with E-state index in [4.69, 9.17) is 5.11 Å². The molecule has 6 nitrogen and oxygen atoms in total. The number of carboxylic acids is 1. The summed E-state index contributed by atoms with van der Waals surface area (Å²) < 4.78 is 0. The van der Waals surface area contributed by atoms with E-state index < -0.39 is 17.6 Å². The minimum atomic E-state index is -0.905. The summed E-state index contributed by atoms with van der Waals surface area (Å²) in [5.41, 5.74) is -0.616. The summed E-state index contributed by atoms with van der Waals surface area (Å²) in [6.45, 7) is 1.65. The summed E-state index contributed by atoms with van der Waals surface area (Å²) >= 11 is 0. The Morgan fingerprint density at radius 1 is 1.19 bits per heavy atom. The molecule has 0 aromatic heterocycles. The van der Waals surface area contributed by atoms with Crippen LogP contribution in [0.2, 0.25) is 0 Å². The van der Waals surface area contributed by atoms with Gasteiger partial charge in [-0.2, -0.15) is 0 Å². The molecule has 0 spiro atoms. The van der Waals surface area contributed by atoms with Gasteiger partial charge in [0.05, 0.1) is 12.0 Å². The van der Waals surface area contributed by atoms with Gasteiger partial charge in [-0.1, -0.05) is 12.8 Å². The van der Waals surface area contributed by atoms with Gasteiger partial charge in [0.1, 0.15) is 6.04 Å². The molecule has 3 N–H and O–H groups in total. The van der Waals surface area contributed by atoms with E-state index >= 15 is 0 Å². The van der Waals surface area contributed by atoms with E-state index in [1.165, 1.54) is 0 Å². The van der Waals surface area contributed by atoms with E-state index in [1.54, 1.807) is 6.92 Å². The first-order valence-corrected chi connectivity index (χ1v) is 7.76. The number of amides is 2. The van der Waals surface area contributed by atoms with Gasteiger partial charge in [-0.3, -0.25) is 14.4 Å². The summed E-state index contributed by atoms with van der Waals surface area (Å²) in [5, 5.41) is 14.5. The Morgan fingerprint density at radius 2 is 1.81 bits per heavy atom. The van der Waals surface area contributed by atoms with Crippen LogP contribution in [0.25, 0.3) is 0 Å². The van der Waals surface area contributed by atoms with Crippen molar-refractivity contribution in [1.82, 2.24) is 10.6 Å². The molecule has 0 saturated heterocycles. The first-order valence-electron chi connectivity index (χ1n) is 7.76. The van der Waals surface area contributed by atoms with Gasteiger partial charge in [0.2, 0.25) is 11.8 Å². The van der Waals surface area contributed by atoms with E-state index in [0.717, 1.165) is 32.1 Å². The van der Waals surface area contributed by atoms with Gasteiger partial charge in [0.15, 0.2) is 0 Å². The molecular weight excluding hydrogens is 272 g/mol. The molecular formula is C15H24N2O4. The average molecular weight is 296 g/mol. The molecule has 0 bridgehead atoms. The van der Waals surface area contributed by atoms with Crippen LogP contribution < -0.4 is 10.6 Å². The largest absolute Gasteiger partial charge is 0.481 e. The predicted octanol–water partition coefficient (Wildman–Crippen LogP) is 1.19. The zero-order valence-corrected chi connectivity index (χ0v) is 12.5. The number of carbonyl (C=O) groups is 3. The van der Waals surface area contributed by atoms with Gasteiger partial charge in [-0.05, 0) is 39.0 Å². The molecule has 2 amide bonds. The van der Waals surface area contributed by atoms with Crippen molar-refractivity contribution in [3.05, 3.63) is 0 Å². The fraction of sp³-hybridized carbons (Fsp3) is 0.800. The van der Waals surface area contributed by atoms with Crippen LogP contribution in [0.15, 0.2) is 0 Å². The Bertz CT molecular complexity index is 425. The Kier molecular flexibility index (Phi) is 4.85. The van der Waals surface area contributed by atoms with Crippen LogP contribution in [-0.4, -0.2) is 34.5 Å². The molecule has 118 valence electrons. The Labute approximate surface area is 124 Å². The van der Waals surface area contributed by atoms with Crippen LogP contribution in [0.5, 0.6) is 0 Å². The molecule has 2 rings (SSSR count). The number of carboxylic acid groups (broad SMARTS) is 1. The fourth-order valence-electron chi connectivity index (χ4n) is 3.19. The molecule has 0 aromatic rings. The van der Waals surface area contributed by atoms with Gasteiger partial charge < -0.3 is 15.7 Å². The maximum absolute atomic E-state index is 12.2. The first-order chi connectivity index (χ1) is 9.92. The fourth-order valence-corrected chi connectivity index (χ4v) is 3.19. The molecule has 0 aromatic carbocycles. The molecule has 0 radical (unpaired) electrons. The lowest BCUT2D eigenvalue weighted by Gasteiger charge is -2.42. The third-order valence-corrected chi connectivity index (χ3v) is 4.67. The monoisotopic (exact) mass is 296 g/mol. The van der Waals surface area contributed by atoms with Crippen molar-refractivity contribution in [2.45, 2.75) is 69.9 Å².